The van der Waals surface area contributed by atoms with Crippen LogP contribution in [0.4, 0.5) is 0 Å². The van der Waals surface area contributed by atoms with Crippen molar-refractivity contribution in [2.75, 3.05) is 6.54 Å². The number of aliphatic hydroxyl groups is 1. The van der Waals surface area contributed by atoms with Gasteiger partial charge >= 0.3 is 0 Å². The Kier molecular flexibility index (Phi) is 3.64. The van der Waals surface area contributed by atoms with E-state index in [1.54, 1.807) is 6.92 Å². The van der Waals surface area contributed by atoms with Crippen LogP contribution in [0.3, 0.4) is 0 Å². The highest BCUT2D eigenvalue weighted by atomic mass is 16.5. The summed E-state index contributed by atoms with van der Waals surface area (Å²) >= 11 is 0. The van der Waals surface area contributed by atoms with Crippen molar-refractivity contribution in [3.8, 4) is 0 Å². The average Bonchev–Trinajstić information content (AvgIpc) is 2.60. The zero-order chi connectivity index (χ0) is 10.6. The van der Waals surface area contributed by atoms with Crippen molar-refractivity contribution in [1.82, 2.24) is 10.5 Å². The molecule has 0 bridgehead atoms. The lowest BCUT2D eigenvalue weighted by Gasteiger charge is -2.07. The quantitative estimate of drug-likeness (QED) is 0.738. The summed E-state index contributed by atoms with van der Waals surface area (Å²) in [6.07, 6.45) is 1.57. The van der Waals surface area contributed by atoms with Crippen molar-refractivity contribution in [1.29, 1.82) is 0 Å². The summed E-state index contributed by atoms with van der Waals surface area (Å²) < 4.78 is 4.75. The highest BCUT2D eigenvalue weighted by molar-refractivity contribution is 5.92. The topological polar surface area (TPSA) is 75.4 Å². The molecule has 0 aliphatic carbocycles. The number of hydrogen-bond donors (Lipinski definition) is 2. The van der Waals surface area contributed by atoms with Crippen molar-refractivity contribution in [2.24, 2.45) is 0 Å². The molecule has 1 amide bonds. The SMILES string of the molecule is CCC(O)CNC(=O)c1oncc1C. The molecule has 0 spiro atoms. The Labute approximate surface area is 82.1 Å². The molecule has 1 aromatic rings. The third-order valence-electron chi connectivity index (χ3n) is 1.92. The Morgan fingerprint density at radius 2 is 2.50 bits per heavy atom. The average molecular weight is 198 g/mol. The number of aromatic nitrogens is 1. The van der Waals surface area contributed by atoms with E-state index in [0.717, 1.165) is 0 Å². The van der Waals surface area contributed by atoms with E-state index < -0.39 is 6.10 Å². The second kappa shape index (κ2) is 4.76. The molecule has 78 valence electrons. The first kappa shape index (κ1) is 10.7. The number of nitrogens with zero attached hydrogens (tertiary/aromatic N) is 1. The molecule has 1 atom stereocenters. The van der Waals surface area contributed by atoms with E-state index in [1.807, 2.05) is 6.92 Å². The molecule has 1 unspecified atom stereocenters. The molecular weight excluding hydrogens is 184 g/mol. The molecule has 5 nitrogen and oxygen atoms in total. The number of carbonyl (C=O) groups is 1. The maximum Gasteiger partial charge on any atom is 0.290 e. The van der Waals surface area contributed by atoms with Crippen molar-refractivity contribution in [3.05, 3.63) is 17.5 Å². The van der Waals surface area contributed by atoms with Crippen molar-refractivity contribution in [3.63, 3.8) is 0 Å². The minimum atomic E-state index is -0.512. The third-order valence-corrected chi connectivity index (χ3v) is 1.92. The van der Waals surface area contributed by atoms with Gasteiger partial charge in [0.15, 0.2) is 0 Å². The summed E-state index contributed by atoms with van der Waals surface area (Å²) in [7, 11) is 0. The summed E-state index contributed by atoms with van der Waals surface area (Å²) in [6.45, 7) is 3.81. The van der Waals surface area contributed by atoms with Crippen molar-refractivity contribution in [2.45, 2.75) is 26.4 Å². The molecule has 2 N–H and O–H groups in total. The first-order valence-corrected chi connectivity index (χ1v) is 4.52. The number of hydrogen-bond acceptors (Lipinski definition) is 4. The second-order valence-electron chi connectivity index (χ2n) is 3.11. The fraction of sp³-hybridized carbons (Fsp3) is 0.556. The van der Waals surface area contributed by atoms with E-state index in [2.05, 4.69) is 10.5 Å². The van der Waals surface area contributed by atoms with Crippen LogP contribution < -0.4 is 5.32 Å². The number of carbonyl (C=O) groups excluding carboxylic acids is 1. The van der Waals surface area contributed by atoms with E-state index >= 15 is 0 Å². The Morgan fingerprint density at radius 3 is 3.00 bits per heavy atom. The standard InChI is InChI=1S/C9H14N2O3/c1-3-7(12)5-10-9(13)8-6(2)4-11-14-8/h4,7,12H,3,5H2,1-2H3,(H,10,13). The van der Waals surface area contributed by atoms with E-state index in [1.165, 1.54) is 6.20 Å². The van der Waals surface area contributed by atoms with Gasteiger partial charge in [-0.3, -0.25) is 4.79 Å². The highest BCUT2D eigenvalue weighted by Crippen LogP contribution is 2.05. The van der Waals surface area contributed by atoms with E-state index in [9.17, 15) is 9.90 Å². The lowest BCUT2D eigenvalue weighted by atomic mass is 10.2. The van der Waals surface area contributed by atoms with Crippen LogP contribution in [0.5, 0.6) is 0 Å². The second-order valence-corrected chi connectivity index (χ2v) is 3.11. The monoisotopic (exact) mass is 198 g/mol. The predicted octanol–water partition coefficient (Wildman–Crippen LogP) is 0.484. The zero-order valence-electron chi connectivity index (χ0n) is 8.28. The largest absolute Gasteiger partial charge is 0.391 e. The van der Waals surface area contributed by atoms with Gasteiger partial charge in [-0.1, -0.05) is 12.1 Å². The normalized spacial score (nSPS) is 12.5. The number of amides is 1. The van der Waals surface area contributed by atoms with Crippen LogP contribution >= 0.6 is 0 Å². The minimum absolute atomic E-state index is 0.202. The summed E-state index contributed by atoms with van der Waals surface area (Å²) in [5.41, 5.74) is 0.688. The van der Waals surface area contributed by atoms with Gasteiger partial charge in [-0.2, -0.15) is 0 Å². The van der Waals surface area contributed by atoms with E-state index in [4.69, 9.17) is 4.52 Å². The maximum atomic E-state index is 11.4. The van der Waals surface area contributed by atoms with Crippen LogP contribution in [0.25, 0.3) is 0 Å². The molecule has 0 aromatic carbocycles. The predicted molar refractivity (Wildman–Crippen MR) is 49.9 cm³/mol. The Morgan fingerprint density at radius 1 is 1.79 bits per heavy atom. The van der Waals surface area contributed by atoms with Gasteiger partial charge in [0.05, 0.1) is 12.3 Å². The van der Waals surface area contributed by atoms with Gasteiger partial charge < -0.3 is 14.9 Å². The molecule has 0 aliphatic rings. The maximum absolute atomic E-state index is 11.4. The number of aryl methyl sites for hydroxylation is 1. The smallest absolute Gasteiger partial charge is 0.290 e. The molecule has 14 heavy (non-hydrogen) atoms. The van der Waals surface area contributed by atoms with Crippen molar-refractivity contribution >= 4 is 5.91 Å². The lowest BCUT2D eigenvalue weighted by molar-refractivity contribution is 0.0877. The molecule has 0 saturated heterocycles. The number of nitrogens with one attached hydrogen (secondary N) is 1. The Balaban J connectivity index is 2.47. The summed E-state index contributed by atoms with van der Waals surface area (Å²) in [5, 5.41) is 15.3. The molecule has 1 aromatic heterocycles. The fourth-order valence-electron chi connectivity index (χ4n) is 0.944. The molecule has 0 fully saturated rings. The van der Waals surface area contributed by atoms with Crippen LogP contribution in [0.15, 0.2) is 10.7 Å². The summed E-state index contributed by atoms with van der Waals surface area (Å²) in [4.78, 5) is 11.4. The molecule has 5 heteroatoms. The van der Waals surface area contributed by atoms with Crippen LogP contribution in [0.1, 0.15) is 29.5 Å². The van der Waals surface area contributed by atoms with Crippen LogP contribution in [0.2, 0.25) is 0 Å². The molecule has 0 aliphatic heterocycles. The summed E-state index contributed by atoms with van der Waals surface area (Å²) in [6, 6.07) is 0. The van der Waals surface area contributed by atoms with Crippen LogP contribution in [-0.4, -0.2) is 28.8 Å². The number of aliphatic hydroxyl groups excluding tert-OH is 1. The number of rotatable bonds is 4. The third kappa shape index (κ3) is 2.56. The highest BCUT2D eigenvalue weighted by Gasteiger charge is 2.14. The molecular formula is C9H14N2O3. The van der Waals surface area contributed by atoms with Crippen molar-refractivity contribution < 1.29 is 14.4 Å². The lowest BCUT2D eigenvalue weighted by Crippen LogP contribution is -2.31. The van der Waals surface area contributed by atoms with Gasteiger partial charge in [0.25, 0.3) is 5.91 Å². The van der Waals surface area contributed by atoms with Crippen LogP contribution in [-0.2, 0) is 0 Å². The van der Waals surface area contributed by atoms with Gasteiger partial charge in [0.1, 0.15) is 0 Å². The van der Waals surface area contributed by atoms with Gasteiger partial charge in [-0.25, -0.2) is 0 Å². The molecule has 1 heterocycles. The molecule has 1 rings (SSSR count). The van der Waals surface area contributed by atoms with Crippen LogP contribution in [0, 0.1) is 6.92 Å². The fourth-order valence-corrected chi connectivity index (χ4v) is 0.944. The minimum Gasteiger partial charge on any atom is -0.391 e. The van der Waals surface area contributed by atoms with Gasteiger partial charge in [0.2, 0.25) is 5.76 Å². The van der Waals surface area contributed by atoms with E-state index in [-0.39, 0.29) is 18.2 Å². The Hall–Kier alpha value is -1.36. The first-order chi connectivity index (χ1) is 6.65. The Bertz CT molecular complexity index is 309. The molecule has 0 radical (unpaired) electrons. The van der Waals surface area contributed by atoms with Gasteiger partial charge in [-0.15, -0.1) is 0 Å². The van der Waals surface area contributed by atoms with Gasteiger partial charge in [-0.05, 0) is 13.3 Å². The summed E-state index contributed by atoms with van der Waals surface area (Å²) in [5.74, 6) is -0.138. The first-order valence-electron chi connectivity index (χ1n) is 4.52. The zero-order valence-corrected chi connectivity index (χ0v) is 8.28. The van der Waals surface area contributed by atoms with Gasteiger partial charge in [0, 0.05) is 12.1 Å². The molecule has 0 saturated carbocycles. The van der Waals surface area contributed by atoms with E-state index in [0.29, 0.717) is 12.0 Å².